The maximum Gasteiger partial charge on any atom is 0.336 e. The van der Waals surface area contributed by atoms with Crippen molar-refractivity contribution in [3.63, 3.8) is 0 Å². The van der Waals surface area contributed by atoms with Gasteiger partial charge in [-0.1, -0.05) is 6.07 Å². The van der Waals surface area contributed by atoms with Gasteiger partial charge < -0.3 is 10.1 Å². The van der Waals surface area contributed by atoms with Crippen molar-refractivity contribution >= 4 is 29.2 Å². The molecule has 150 valence electrons. The van der Waals surface area contributed by atoms with E-state index in [1.54, 1.807) is 0 Å². The molecular formula is C21H18F2N2O4. The van der Waals surface area contributed by atoms with Crippen molar-refractivity contribution in [3.8, 4) is 0 Å². The molecule has 1 aliphatic heterocycles. The average Bonchev–Trinajstić information content (AvgIpc) is 2.68. The van der Waals surface area contributed by atoms with Gasteiger partial charge in [0.15, 0.2) is 0 Å². The quantitative estimate of drug-likeness (QED) is 0.799. The Morgan fingerprint density at radius 3 is 2.41 bits per heavy atom. The first-order valence-corrected chi connectivity index (χ1v) is 8.76. The Bertz CT molecular complexity index is 1000. The number of rotatable bonds is 4. The number of hydrogen-bond acceptors (Lipinski definition) is 4. The zero-order valence-electron chi connectivity index (χ0n) is 15.7. The molecule has 3 rings (SSSR count). The second-order valence-corrected chi connectivity index (χ2v) is 6.45. The Balaban J connectivity index is 1.99. The number of esters is 1. The monoisotopic (exact) mass is 400 g/mol. The number of nitrogens with zero attached hydrogens (tertiary/aromatic N) is 1. The SMILES string of the molecule is COC(=O)C1=C(C)N(c2ccc(F)cc2)C(=O)C[C@@H]1C(=O)Nc1cccc(F)c1. The largest absolute Gasteiger partial charge is 0.466 e. The van der Waals surface area contributed by atoms with E-state index in [1.807, 2.05) is 0 Å². The Morgan fingerprint density at radius 1 is 1.10 bits per heavy atom. The number of carbonyl (C=O) groups excluding carboxylic acids is 3. The number of anilines is 2. The highest BCUT2D eigenvalue weighted by molar-refractivity contribution is 6.10. The highest BCUT2D eigenvalue weighted by atomic mass is 19.1. The van der Waals surface area contributed by atoms with Crippen LogP contribution in [0.15, 0.2) is 59.8 Å². The van der Waals surface area contributed by atoms with E-state index in [0.717, 1.165) is 6.07 Å². The minimum absolute atomic E-state index is 0.00493. The van der Waals surface area contributed by atoms with Crippen molar-refractivity contribution in [2.24, 2.45) is 5.92 Å². The molecule has 0 spiro atoms. The zero-order chi connectivity index (χ0) is 21.1. The van der Waals surface area contributed by atoms with Crippen LogP contribution < -0.4 is 10.2 Å². The van der Waals surface area contributed by atoms with Gasteiger partial charge in [-0.15, -0.1) is 0 Å². The van der Waals surface area contributed by atoms with Crippen LogP contribution in [0, 0.1) is 17.6 Å². The van der Waals surface area contributed by atoms with Crippen LogP contribution in [0.5, 0.6) is 0 Å². The normalized spacial score (nSPS) is 16.6. The topological polar surface area (TPSA) is 75.7 Å². The van der Waals surface area contributed by atoms with E-state index < -0.39 is 35.3 Å². The molecule has 2 aromatic carbocycles. The van der Waals surface area contributed by atoms with Gasteiger partial charge in [-0.2, -0.15) is 0 Å². The molecule has 29 heavy (non-hydrogen) atoms. The van der Waals surface area contributed by atoms with Gasteiger partial charge in [-0.05, 0) is 49.4 Å². The third-order valence-electron chi connectivity index (χ3n) is 4.60. The fourth-order valence-electron chi connectivity index (χ4n) is 3.27. The second kappa shape index (κ2) is 8.22. The van der Waals surface area contributed by atoms with Crippen LogP contribution in [0.3, 0.4) is 0 Å². The maximum atomic E-state index is 13.4. The molecule has 0 saturated heterocycles. The van der Waals surface area contributed by atoms with E-state index in [2.05, 4.69) is 5.32 Å². The number of amides is 2. The van der Waals surface area contributed by atoms with E-state index in [1.165, 1.54) is 61.4 Å². The summed E-state index contributed by atoms with van der Waals surface area (Å²) in [4.78, 5) is 39.2. The smallest absolute Gasteiger partial charge is 0.336 e. The van der Waals surface area contributed by atoms with Crippen molar-refractivity contribution < 1.29 is 27.9 Å². The predicted octanol–water partition coefficient (Wildman–Crippen LogP) is 3.40. The van der Waals surface area contributed by atoms with Gasteiger partial charge in [-0.25, -0.2) is 13.6 Å². The Labute approximate surface area is 165 Å². The van der Waals surface area contributed by atoms with E-state index in [0.29, 0.717) is 5.69 Å². The van der Waals surface area contributed by atoms with Crippen LogP contribution in [0.2, 0.25) is 0 Å². The number of carbonyl (C=O) groups is 3. The van der Waals surface area contributed by atoms with E-state index in [-0.39, 0.29) is 23.4 Å². The number of ether oxygens (including phenoxy) is 1. The summed E-state index contributed by atoms with van der Waals surface area (Å²) in [5.74, 6) is -3.97. The van der Waals surface area contributed by atoms with Gasteiger partial charge >= 0.3 is 5.97 Å². The second-order valence-electron chi connectivity index (χ2n) is 6.45. The molecule has 0 radical (unpaired) electrons. The van der Waals surface area contributed by atoms with Crippen molar-refractivity contribution in [2.45, 2.75) is 13.3 Å². The fourth-order valence-corrected chi connectivity index (χ4v) is 3.27. The molecule has 1 aliphatic rings. The summed E-state index contributed by atoms with van der Waals surface area (Å²) in [6.45, 7) is 1.51. The molecule has 6 nitrogen and oxygen atoms in total. The molecule has 1 heterocycles. The van der Waals surface area contributed by atoms with Gasteiger partial charge in [0.05, 0.1) is 18.6 Å². The summed E-state index contributed by atoms with van der Waals surface area (Å²) >= 11 is 0. The van der Waals surface area contributed by atoms with Gasteiger partial charge in [0, 0.05) is 23.5 Å². The Hall–Kier alpha value is -3.55. The number of methoxy groups -OCH3 is 1. The molecule has 1 N–H and O–H groups in total. The lowest BCUT2D eigenvalue weighted by molar-refractivity contribution is -0.138. The van der Waals surface area contributed by atoms with Crippen molar-refractivity contribution in [2.75, 3.05) is 17.3 Å². The molecule has 0 unspecified atom stereocenters. The average molecular weight is 400 g/mol. The molecule has 8 heteroatoms. The molecule has 0 aliphatic carbocycles. The van der Waals surface area contributed by atoms with E-state index in [9.17, 15) is 23.2 Å². The van der Waals surface area contributed by atoms with E-state index in [4.69, 9.17) is 4.74 Å². The first kappa shape index (κ1) is 20.2. The van der Waals surface area contributed by atoms with Crippen LogP contribution in [0.4, 0.5) is 20.2 Å². The summed E-state index contributed by atoms with van der Waals surface area (Å²) in [5, 5.41) is 2.52. The van der Waals surface area contributed by atoms with Gasteiger partial charge in [-0.3, -0.25) is 14.5 Å². The summed E-state index contributed by atoms with van der Waals surface area (Å²) in [6.07, 6.45) is -0.305. The molecule has 1 atom stereocenters. The third kappa shape index (κ3) is 4.16. The number of nitrogens with one attached hydrogen (secondary N) is 1. The van der Waals surface area contributed by atoms with Crippen LogP contribution in [-0.4, -0.2) is 24.9 Å². The van der Waals surface area contributed by atoms with Crippen molar-refractivity contribution in [1.29, 1.82) is 0 Å². The molecule has 0 bridgehead atoms. The lowest BCUT2D eigenvalue weighted by Gasteiger charge is -2.33. The van der Waals surface area contributed by atoms with Gasteiger partial charge in [0.2, 0.25) is 11.8 Å². The van der Waals surface area contributed by atoms with Crippen LogP contribution in [-0.2, 0) is 19.1 Å². The number of allylic oxidation sites excluding steroid dienone is 1. The third-order valence-corrected chi connectivity index (χ3v) is 4.60. The van der Waals surface area contributed by atoms with Crippen molar-refractivity contribution in [3.05, 3.63) is 71.4 Å². The molecular weight excluding hydrogens is 382 g/mol. The molecule has 2 aromatic rings. The minimum atomic E-state index is -1.12. The minimum Gasteiger partial charge on any atom is -0.466 e. The lowest BCUT2D eigenvalue weighted by atomic mass is 9.88. The molecule has 0 fully saturated rings. The standard InChI is InChI=1S/C21H18F2N2O4/c1-12-19(21(28)29-2)17(20(27)24-15-5-3-4-14(23)10-15)11-18(26)25(12)16-8-6-13(22)7-9-16/h3-10,17H,11H2,1-2H3,(H,24,27)/t17-/m0/s1. The first-order chi connectivity index (χ1) is 13.8. The Kier molecular flexibility index (Phi) is 5.72. The predicted molar refractivity (Wildman–Crippen MR) is 102 cm³/mol. The number of hydrogen-bond donors (Lipinski definition) is 1. The molecule has 0 aromatic heterocycles. The fraction of sp³-hybridized carbons (Fsp3) is 0.190. The maximum absolute atomic E-state index is 13.4. The lowest BCUT2D eigenvalue weighted by Crippen LogP contribution is -2.43. The first-order valence-electron chi connectivity index (χ1n) is 8.76. The summed E-state index contributed by atoms with van der Waals surface area (Å²) in [6, 6.07) is 10.5. The number of benzene rings is 2. The van der Waals surface area contributed by atoms with Gasteiger partial charge in [0.1, 0.15) is 11.6 Å². The highest BCUT2D eigenvalue weighted by Crippen LogP contribution is 2.34. The summed E-state index contributed by atoms with van der Waals surface area (Å²) in [7, 11) is 1.17. The molecule has 0 saturated carbocycles. The molecule has 2 amide bonds. The Morgan fingerprint density at radius 2 is 1.79 bits per heavy atom. The number of halogens is 2. The summed E-state index contributed by atoms with van der Waals surface area (Å²) < 4.78 is 31.4. The van der Waals surface area contributed by atoms with Crippen LogP contribution in [0.1, 0.15) is 13.3 Å². The van der Waals surface area contributed by atoms with Crippen LogP contribution in [0.25, 0.3) is 0 Å². The van der Waals surface area contributed by atoms with Crippen molar-refractivity contribution in [1.82, 2.24) is 0 Å². The van der Waals surface area contributed by atoms with Crippen LogP contribution >= 0.6 is 0 Å². The van der Waals surface area contributed by atoms with E-state index >= 15 is 0 Å². The zero-order valence-corrected chi connectivity index (χ0v) is 15.7. The summed E-state index contributed by atoms with van der Waals surface area (Å²) in [5.41, 5.74) is 0.772. The highest BCUT2D eigenvalue weighted by Gasteiger charge is 2.40. The van der Waals surface area contributed by atoms with Gasteiger partial charge in [0.25, 0.3) is 0 Å².